The molecule has 0 heterocycles. The SMILES string of the molecule is CC(C[C@H](N)C(=O)O)C(F)F. The topological polar surface area (TPSA) is 63.3 Å². The van der Waals surface area contributed by atoms with E-state index in [2.05, 4.69) is 0 Å². The van der Waals surface area contributed by atoms with Gasteiger partial charge < -0.3 is 10.8 Å². The van der Waals surface area contributed by atoms with Crippen LogP contribution in [0.25, 0.3) is 0 Å². The molecule has 1 unspecified atom stereocenters. The van der Waals surface area contributed by atoms with E-state index in [0.29, 0.717) is 0 Å². The number of hydrogen-bond acceptors (Lipinski definition) is 2. The van der Waals surface area contributed by atoms with Gasteiger partial charge in [-0.3, -0.25) is 4.79 Å². The highest BCUT2D eigenvalue weighted by atomic mass is 19.3. The van der Waals surface area contributed by atoms with Gasteiger partial charge in [0.05, 0.1) is 0 Å². The lowest BCUT2D eigenvalue weighted by Gasteiger charge is -2.12. The van der Waals surface area contributed by atoms with Crippen molar-refractivity contribution in [2.24, 2.45) is 11.7 Å². The zero-order chi connectivity index (χ0) is 9.02. The van der Waals surface area contributed by atoms with Crippen molar-refractivity contribution < 1.29 is 18.7 Å². The van der Waals surface area contributed by atoms with Crippen LogP contribution in [0.1, 0.15) is 13.3 Å². The van der Waals surface area contributed by atoms with E-state index in [1.54, 1.807) is 0 Å². The minimum Gasteiger partial charge on any atom is -0.480 e. The summed E-state index contributed by atoms with van der Waals surface area (Å²) in [6.45, 7) is 1.27. The van der Waals surface area contributed by atoms with Gasteiger partial charge in [0.2, 0.25) is 6.43 Å². The number of hydrogen-bond donors (Lipinski definition) is 2. The standard InChI is InChI=1S/C6H11F2NO2/c1-3(5(7)8)2-4(9)6(10)11/h3-5H,2,9H2,1H3,(H,10,11)/t3?,4-/m0/s1. The highest BCUT2D eigenvalue weighted by Gasteiger charge is 2.21. The molecule has 0 fully saturated rings. The largest absolute Gasteiger partial charge is 0.480 e. The molecular weight excluding hydrogens is 156 g/mol. The molecule has 0 amide bonds. The molecular formula is C6H11F2NO2. The van der Waals surface area contributed by atoms with Crippen LogP contribution in [-0.4, -0.2) is 23.5 Å². The van der Waals surface area contributed by atoms with Gasteiger partial charge in [0.25, 0.3) is 0 Å². The molecule has 0 saturated carbocycles. The third-order valence-corrected chi connectivity index (χ3v) is 1.37. The molecule has 5 heteroatoms. The number of halogens is 2. The number of carboxylic acids is 1. The second-order valence-corrected chi connectivity index (χ2v) is 2.49. The van der Waals surface area contributed by atoms with Crippen LogP contribution in [0.15, 0.2) is 0 Å². The molecule has 2 atom stereocenters. The Kier molecular flexibility index (Phi) is 3.95. The summed E-state index contributed by atoms with van der Waals surface area (Å²) in [5, 5.41) is 8.24. The Balaban J connectivity index is 3.75. The maximum Gasteiger partial charge on any atom is 0.320 e. The predicted molar refractivity (Wildman–Crippen MR) is 35.4 cm³/mol. The Labute approximate surface area is 63.2 Å². The fraction of sp³-hybridized carbons (Fsp3) is 0.833. The average Bonchev–Trinajstić information content (AvgIpc) is 1.87. The maximum atomic E-state index is 11.8. The second-order valence-electron chi connectivity index (χ2n) is 2.49. The third kappa shape index (κ3) is 3.87. The van der Waals surface area contributed by atoms with Crippen molar-refractivity contribution in [3.05, 3.63) is 0 Å². The van der Waals surface area contributed by atoms with Crippen molar-refractivity contribution in [1.29, 1.82) is 0 Å². The van der Waals surface area contributed by atoms with Gasteiger partial charge in [-0.2, -0.15) is 0 Å². The molecule has 0 aliphatic carbocycles. The van der Waals surface area contributed by atoms with Gasteiger partial charge in [0, 0.05) is 5.92 Å². The van der Waals surface area contributed by atoms with Crippen LogP contribution in [0.4, 0.5) is 8.78 Å². The Morgan fingerprint density at radius 3 is 2.36 bits per heavy atom. The van der Waals surface area contributed by atoms with E-state index in [-0.39, 0.29) is 6.42 Å². The van der Waals surface area contributed by atoms with E-state index in [1.165, 1.54) is 6.92 Å². The van der Waals surface area contributed by atoms with Gasteiger partial charge in [0.15, 0.2) is 0 Å². The lowest BCUT2D eigenvalue weighted by Crippen LogP contribution is -2.33. The first-order chi connectivity index (χ1) is 4.95. The molecule has 0 saturated heterocycles. The van der Waals surface area contributed by atoms with Crippen LogP contribution in [0.5, 0.6) is 0 Å². The van der Waals surface area contributed by atoms with Gasteiger partial charge >= 0.3 is 5.97 Å². The molecule has 0 radical (unpaired) electrons. The van der Waals surface area contributed by atoms with E-state index in [4.69, 9.17) is 10.8 Å². The Morgan fingerprint density at radius 1 is 1.64 bits per heavy atom. The third-order valence-electron chi connectivity index (χ3n) is 1.37. The molecule has 0 aromatic carbocycles. The van der Waals surface area contributed by atoms with E-state index >= 15 is 0 Å². The Bertz CT molecular complexity index is 141. The van der Waals surface area contributed by atoms with Gasteiger partial charge in [0.1, 0.15) is 6.04 Å². The quantitative estimate of drug-likeness (QED) is 0.647. The minimum absolute atomic E-state index is 0.188. The summed E-state index contributed by atoms with van der Waals surface area (Å²) in [7, 11) is 0. The average molecular weight is 167 g/mol. The first kappa shape index (κ1) is 10.3. The molecule has 0 aliphatic heterocycles. The molecule has 0 bridgehead atoms. The zero-order valence-electron chi connectivity index (χ0n) is 6.13. The van der Waals surface area contributed by atoms with Gasteiger partial charge in [-0.15, -0.1) is 0 Å². The van der Waals surface area contributed by atoms with Gasteiger partial charge in [-0.05, 0) is 6.42 Å². The lowest BCUT2D eigenvalue weighted by atomic mass is 10.0. The summed E-state index contributed by atoms with van der Waals surface area (Å²) in [5.41, 5.74) is 5.02. The smallest absolute Gasteiger partial charge is 0.320 e. The van der Waals surface area contributed by atoms with E-state index in [1.807, 2.05) is 0 Å². The molecule has 0 spiro atoms. The molecule has 0 aliphatic rings. The van der Waals surface area contributed by atoms with Crippen LogP contribution in [0, 0.1) is 5.92 Å². The number of carboxylic acid groups (broad SMARTS) is 1. The number of aliphatic carboxylic acids is 1. The summed E-state index contributed by atoms with van der Waals surface area (Å²) in [5.74, 6) is -2.20. The van der Waals surface area contributed by atoms with Crippen LogP contribution in [0.2, 0.25) is 0 Å². The number of nitrogens with two attached hydrogens (primary N) is 1. The molecule has 0 aromatic heterocycles. The van der Waals surface area contributed by atoms with Crippen molar-refractivity contribution in [2.75, 3.05) is 0 Å². The van der Waals surface area contributed by atoms with Crippen molar-refractivity contribution in [3.8, 4) is 0 Å². The Morgan fingerprint density at radius 2 is 2.09 bits per heavy atom. The highest BCUT2D eigenvalue weighted by molar-refractivity contribution is 5.72. The summed E-state index contributed by atoms with van der Waals surface area (Å²) < 4.78 is 23.6. The van der Waals surface area contributed by atoms with E-state index in [0.717, 1.165) is 0 Å². The lowest BCUT2D eigenvalue weighted by molar-refractivity contribution is -0.139. The summed E-state index contributed by atoms with van der Waals surface area (Å²) >= 11 is 0. The maximum absolute atomic E-state index is 11.8. The van der Waals surface area contributed by atoms with Crippen LogP contribution >= 0.6 is 0 Å². The summed E-state index contributed by atoms with van der Waals surface area (Å²) in [6, 6.07) is -1.18. The molecule has 66 valence electrons. The number of rotatable bonds is 4. The van der Waals surface area contributed by atoms with Gasteiger partial charge in [-0.25, -0.2) is 8.78 Å². The van der Waals surface area contributed by atoms with E-state index < -0.39 is 24.4 Å². The monoisotopic (exact) mass is 167 g/mol. The second kappa shape index (κ2) is 4.23. The van der Waals surface area contributed by atoms with Gasteiger partial charge in [-0.1, -0.05) is 6.92 Å². The fourth-order valence-corrected chi connectivity index (χ4v) is 0.604. The summed E-state index contributed by atoms with van der Waals surface area (Å²) in [6.07, 6.45) is -2.69. The van der Waals surface area contributed by atoms with Crippen molar-refractivity contribution in [1.82, 2.24) is 0 Å². The molecule has 11 heavy (non-hydrogen) atoms. The first-order valence-corrected chi connectivity index (χ1v) is 3.21. The Hall–Kier alpha value is -0.710. The molecule has 3 N–H and O–H groups in total. The summed E-state index contributed by atoms with van der Waals surface area (Å²) in [4.78, 5) is 10.1. The zero-order valence-corrected chi connectivity index (χ0v) is 6.13. The van der Waals surface area contributed by atoms with Crippen molar-refractivity contribution in [3.63, 3.8) is 0 Å². The van der Waals surface area contributed by atoms with Crippen LogP contribution in [0.3, 0.4) is 0 Å². The number of alkyl halides is 2. The molecule has 0 rings (SSSR count). The highest BCUT2D eigenvalue weighted by Crippen LogP contribution is 2.14. The fourth-order valence-electron chi connectivity index (χ4n) is 0.604. The van der Waals surface area contributed by atoms with Crippen molar-refractivity contribution in [2.45, 2.75) is 25.8 Å². The molecule has 3 nitrogen and oxygen atoms in total. The predicted octanol–water partition coefficient (Wildman–Crippen LogP) is 0.690. The number of carbonyl (C=O) groups is 1. The van der Waals surface area contributed by atoms with E-state index in [9.17, 15) is 13.6 Å². The van der Waals surface area contributed by atoms with Crippen molar-refractivity contribution >= 4 is 5.97 Å². The minimum atomic E-state index is -2.50. The normalized spacial score (nSPS) is 16.5. The van der Waals surface area contributed by atoms with Crippen LogP contribution in [-0.2, 0) is 4.79 Å². The van der Waals surface area contributed by atoms with Crippen LogP contribution < -0.4 is 5.73 Å². The first-order valence-electron chi connectivity index (χ1n) is 3.21. The molecule has 0 aromatic rings.